The quantitative estimate of drug-likeness (QED) is 0.465. The van der Waals surface area contributed by atoms with Crippen molar-refractivity contribution in [2.75, 3.05) is 13.2 Å². The van der Waals surface area contributed by atoms with Gasteiger partial charge in [0.2, 0.25) is 0 Å². The Morgan fingerprint density at radius 1 is 1.00 bits per heavy atom. The van der Waals surface area contributed by atoms with Crippen LogP contribution in [0.2, 0.25) is 0 Å². The summed E-state index contributed by atoms with van der Waals surface area (Å²) in [5.41, 5.74) is 0. The lowest BCUT2D eigenvalue weighted by Crippen LogP contribution is -2.38. The molecule has 2 fully saturated rings. The standard InChI is InChI=1S/C17H30N2O2/c20-13-7-8-14-21-17(18-15-9-3-1-4-10-15)19-16-11-5-2-6-12-16/h7-8,15-16,20H,1-6,9-14H2,(H,18,19)/b8-7-. The van der Waals surface area contributed by atoms with Crippen molar-refractivity contribution in [1.29, 1.82) is 0 Å². The smallest absolute Gasteiger partial charge is 0.285 e. The highest BCUT2D eigenvalue weighted by atomic mass is 16.5. The summed E-state index contributed by atoms with van der Waals surface area (Å²) in [7, 11) is 0. The number of amidine groups is 1. The Balaban J connectivity index is 1.87. The largest absolute Gasteiger partial charge is 0.461 e. The predicted molar refractivity (Wildman–Crippen MR) is 86.5 cm³/mol. The van der Waals surface area contributed by atoms with E-state index in [1.165, 1.54) is 64.2 Å². The Labute approximate surface area is 128 Å². The third-order valence-corrected chi connectivity index (χ3v) is 4.40. The van der Waals surface area contributed by atoms with Crippen molar-refractivity contribution in [3.05, 3.63) is 12.2 Å². The molecule has 0 heterocycles. The minimum absolute atomic E-state index is 0.0640. The van der Waals surface area contributed by atoms with Gasteiger partial charge in [0.1, 0.15) is 6.61 Å². The van der Waals surface area contributed by atoms with Crippen molar-refractivity contribution in [1.82, 2.24) is 5.32 Å². The van der Waals surface area contributed by atoms with Gasteiger partial charge in [0.15, 0.2) is 0 Å². The molecule has 2 aliphatic carbocycles. The zero-order chi connectivity index (χ0) is 14.8. The zero-order valence-electron chi connectivity index (χ0n) is 13.1. The third-order valence-electron chi connectivity index (χ3n) is 4.40. The van der Waals surface area contributed by atoms with Gasteiger partial charge in [0.05, 0.1) is 12.6 Å². The second-order valence-corrected chi connectivity index (χ2v) is 6.17. The minimum Gasteiger partial charge on any atom is -0.461 e. The highest BCUT2D eigenvalue weighted by Gasteiger charge is 2.18. The minimum atomic E-state index is 0.0640. The first-order chi connectivity index (χ1) is 10.4. The number of nitrogens with one attached hydrogen (secondary N) is 1. The number of aliphatic hydroxyl groups is 1. The highest BCUT2D eigenvalue weighted by Crippen LogP contribution is 2.21. The Hall–Kier alpha value is -1.03. The number of aliphatic hydroxyl groups excluding tert-OH is 1. The van der Waals surface area contributed by atoms with Crippen LogP contribution in [0.3, 0.4) is 0 Å². The molecule has 4 nitrogen and oxygen atoms in total. The first-order valence-corrected chi connectivity index (χ1v) is 8.61. The van der Waals surface area contributed by atoms with Crippen molar-refractivity contribution in [2.45, 2.75) is 76.3 Å². The first-order valence-electron chi connectivity index (χ1n) is 8.61. The predicted octanol–water partition coefficient (Wildman–Crippen LogP) is 3.16. The second kappa shape index (κ2) is 9.82. The Bertz CT molecular complexity index is 330. The molecule has 2 saturated carbocycles. The van der Waals surface area contributed by atoms with Gasteiger partial charge in [-0.1, -0.05) is 44.6 Å². The average Bonchev–Trinajstić information content (AvgIpc) is 2.53. The molecule has 0 aromatic rings. The molecule has 4 heteroatoms. The molecule has 2 rings (SSSR count). The van der Waals surface area contributed by atoms with Crippen LogP contribution in [-0.4, -0.2) is 36.4 Å². The lowest BCUT2D eigenvalue weighted by molar-refractivity contribution is 0.298. The number of ether oxygens (including phenoxy) is 1. The van der Waals surface area contributed by atoms with Crippen LogP contribution in [-0.2, 0) is 4.74 Å². The fourth-order valence-corrected chi connectivity index (χ4v) is 3.18. The van der Waals surface area contributed by atoms with E-state index in [-0.39, 0.29) is 6.61 Å². The summed E-state index contributed by atoms with van der Waals surface area (Å²) in [5.74, 6) is 0. The van der Waals surface area contributed by atoms with Gasteiger partial charge in [0, 0.05) is 6.04 Å². The van der Waals surface area contributed by atoms with Crippen LogP contribution in [0.1, 0.15) is 64.2 Å². The Kier molecular flexibility index (Phi) is 7.65. The lowest BCUT2D eigenvalue weighted by Gasteiger charge is -2.25. The molecule has 120 valence electrons. The first kappa shape index (κ1) is 16.3. The van der Waals surface area contributed by atoms with Gasteiger partial charge in [-0.05, 0) is 31.8 Å². The molecular formula is C17H30N2O2. The van der Waals surface area contributed by atoms with Crippen LogP contribution in [0.25, 0.3) is 0 Å². The molecule has 0 amide bonds. The van der Waals surface area contributed by atoms with Crippen molar-refractivity contribution >= 4 is 6.02 Å². The third kappa shape index (κ3) is 6.51. The van der Waals surface area contributed by atoms with Crippen molar-refractivity contribution in [3.63, 3.8) is 0 Å². The second-order valence-electron chi connectivity index (χ2n) is 6.17. The maximum atomic E-state index is 8.77. The van der Waals surface area contributed by atoms with Crippen LogP contribution in [0.5, 0.6) is 0 Å². The number of rotatable bonds is 5. The zero-order valence-corrected chi connectivity index (χ0v) is 13.1. The lowest BCUT2D eigenvalue weighted by atomic mass is 9.95. The summed E-state index contributed by atoms with van der Waals surface area (Å²) < 4.78 is 5.79. The van der Waals surface area contributed by atoms with Crippen molar-refractivity contribution in [2.24, 2.45) is 4.99 Å². The molecule has 2 aliphatic rings. The fourth-order valence-electron chi connectivity index (χ4n) is 3.18. The van der Waals surface area contributed by atoms with Crippen LogP contribution in [0, 0.1) is 0 Å². The Morgan fingerprint density at radius 3 is 2.33 bits per heavy atom. The summed E-state index contributed by atoms with van der Waals surface area (Å²) in [4.78, 5) is 4.81. The average molecular weight is 294 g/mol. The van der Waals surface area contributed by atoms with E-state index in [0.717, 1.165) is 6.02 Å². The molecule has 0 aromatic carbocycles. The van der Waals surface area contributed by atoms with E-state index in [9.17, 15) is 0 Å². The molecule has 0 radical (unpaired) electrons. The van der Waals surface area contributed by atoms with E-state index in [1.54, 1.807) is 6.08 Å². The molecule has 0 saturated heterocycles. The monoisotopic (exact) mass is 294 g/mol. The molecule has 0 unspecified atom stereocenters. The fraction of sp³-hybridized carbons (Fsp3) is 0.824. The normalized spacial score (nSPS) is 22.6. The van der Waals surface area contributed by atoms with Crippen LogP contribution >= 0.6 is 0 Å². The van der Waals surface area contributed by atoms with E-state index < -0.39 is 0 Å². The van der Waals surface area contributed by atoms with Gasteiger partial charge in [0.25, 0.3) is 6.02 Å². The maximum Gasteiger partial charge on any atom is 0.285 e. The van der Waals surface area contributed by atoms with Crippen LogP contribution in [0.15, 0.2) is 17.1 Å². The van der Waals surface area contributed by atoms with Gasteiger partial charge in [-0.3, -0.25) is 0 Å². The number of nitrogens with zero attached hydrogens (tertiary/aromatic N) is 1. The SMILES string of the molecule is OC/C=C\COC(=NC1CCCCC1)NC1CCCCC1. The topological polar surface area (TPSA) is 53.9 Å². The summed E-state index contributed by atoms with van der Waals surface area (Å²) in [6.45, 7) is 0.542. The molecule has 2 N–H and O–H groups in total. The van der Waals surface area contributed by atoms with E-state index in [1.807, 2.05) is 6.08 Å². The molecular weight excluding hydrogens is 264 g/mol. The summed E-state index contributed by atoms with van der Waals surface area (Å²) in [6, 6.07) is 1.66. The molecule has 0 atom stereocenters. The van der Waals surface area contributed by atoms with Gasteiger partial charge < -0.3 is 15.2 Å². The van der Waals surface area contributed by atoms with Gasteiger partial charge in [-0.25, -0.2) is 4.99 Å². The van der Waals surface area contributed by atoms with Crippen LogP contribution in [0.4, 0.5) is 0 Å². The van der Waals surface area contributed by atoms with E-state index >= 15 is 0 Å². The summed E-state index contributed by atoms with van der Waals surface area (Å²) >= 11 is 0. The van der Waals surface area contributed by atoms with Gasteiger partial charge in [-0.2, -0.15) is 0 Å². The molecule has 0 aromatic heterocycles. The van der Waals surface area contributed by atoms with E-state index in [0.29, 0.717) is 18.7 Å². The van der Waals surface area contributed by atoms with E-state index in [2.05, 4.69) is 5.32 Å². The Morgan fingerprint density at radius 2 is 1.67 bits per heavy atom. The number of aliphatic imine (C=N–C) groups is 1. The molecule has 0 bridgehead atoms. The maximum absolute atomic E-state index is 8.77. The summed E-state index contributed by atoms with van der Waals surface area (Å²) in [5, 5.41) is 12.3. The molecule has 21 heavy (non-hydrogen) atoms. The summed E-state index contributed by atoms with van der Waals surface area (Å²) in [6.07, 6.45) is 16.3. The van der Waals surface area contributed by atoms with Crippen LogP contribution < -0.4 is 5.32 Å². The van der Waals surface area contributed by atoms with Gasteiger partial charge in [-0.15, -0.1) is 0 Å². The van der Waals surface area contributed by atoms with Gasteiger partial charge >= 0.3 is 0 Å². The highest BCUT2D eigenvalue weighted by molar-refractivity contribution is 5.74. The number of hydrogen-bond acceptors (Lipinski definition) is 3. The molecule has 0 spiro atoms. The molecule has 0 aliphatic heterocycles. The number of hydrogen-bond donors (Lipinski definition) is 2. The van der Waals surface area contributed by atoms with E-state index in [4.69, 9.17) is 14.8 Å². The van der Waals surface area contributed by atoms with Crippen molar-refractivity contribution < 1.29 is 9.84 Å². The van der Waals surface area contributed by atoms with Crippen molar-refractivity contribution in [3.8, 4) is 0 Å².